The Kier molecular flexibility index (Phi) is 7.91. The molecular formula is C60H38N2O. The lowest BCUT2D eigenvalue weighted by Gasteiger charge is -2.27. The molecule has 0 N–H and O–H groups in total. The Morgan fingerprint density at radius 2 is 0.968 bits per heavy atom. The van der Waals surface area contributed by atoms with Crippen molar-refractivity contribution >= 4 is 93.1 Å². The molecule has 11 aromatic carbocycles. The quantitative estimate of drug-likeness (QED) is 0.156. The van der Waals surface area contributed by atoms with Gasteiger partial charge < -0.3 is 13.9 Å². The van der Waals surface area contributed by atoms with Crippen molar-refractivity contribution in [1.82, 2.24) is 4.57 Å². The molecule has 13 aromatic rings. The zero-order valence-corrected chi connectivity index (χ0v) is 34.2. The molecule has 0 aliphatic heterocycles. The zero-order valence-electron chi connectivity index (χ0n) is 34.2. The second-order valence-electron chi connectivity index (χ2n) is 16.5. The molecule has 0 amide bonds. The predicted molar refractivity (Wildman–Crippen MR) is 266 cm³/mol. The first kappa shape index (κ1) is 35.4. The molecule has 3 nitrogen and oxygen atoms in total. The van der Waals surface area contributed by atoms with Crippen LogP contribution in [0.1, 0.15) is 0 Å². The van der Waals surface area contributed by atoms with E-state index in [0.717, 1.165) is 61.4 Å². The molecule has 0 bridgehead atoms. The van der Waals surface area contributed by atoms with E-state index in [9.17, 15) is 0 Å². The van der Waals surface area contributed by atoms with Crippen LogP contribution in [-0.4, -0.2) is 4.57 Å². The number of hydrogen-bond acceptors (Lipinski definition) is 2. The highest BCUT2D eigenvalue weighted by Gasteiger charge is 2.23. The highest BCUT2D eigenvalue weighted by Crippen LogP contribution is 2.48. The standard InChI is InChI=1S/C60H38N2O/c1-2-16-44(17-3-1)62-55-23-10-8-20-51(55)52-33-29-42(38-57(52)62)39-27-30-45(31-28-39)61(46-32-34-49-43(37-46)26-25-41-14-5-6-18-47(41)49)56-36-35-53(50-22-12-15-40-13-4-7-19-48(40)50)60-59(56)54-21-9-11-24-58(54)63-60/h1-38H. The number of rotatable bonds is 6. The van der Waals surface area contributed by atoms with Gasteiger partial charge in [-0.3, -0.25) is 0 Å². The molecule has 0 aliphatic carbocycles. The summed E-state index contributed by atoms with van der Waals surface area (Å²) in [6.45, 7) is 0. The van der Waals surface area contributed by atoms with Crippen LogP contribution in [0.2, 0.25) is 0 Å². The van der Waals surface area contributed by atoms with Gasteiger partial charge in [0.1, 0.15) is 11.2 Å². The number of anilines is 3. The van der Waals surface area contributed by atoms with E-state index in [2.05, 4.69) is 240 Å². The van der Waals surface area contributed by atoms with Gasteiger partial charge in [-0.15, -0.1) is 0 Å². The van der Waals surface area contributed by atoms with Gasteiger partial charge in [0.05, 0.1) is 22.1 Å². The van der Waals surface area contributed by atoms with Gasteiger partial charge in [-0.05, 0) is 116 Å². The first-order chi connectivity index (χ1) is 31.2. The molecule has 0 unspecified atom stereocenters. The van der Waals surface area contributed by atoms with Crippen LogP contribution in [0.3, 0.4) is 0 Å². The topological polar surface area (TPSA) is 21.3 Å². The largest absolute Gasteiger partial charge is 0.455 e. The Balaban J connectivity index is 1.02. The Bertz CT molecular complexity index is 3910. The average Bonchev–Trinajstić information content (AvgIpc) is 3.91. The smallest absolute Gasteiger partial charge is 0.145 e. The number of para-hydroxylation sites is 3. The maximum absolute atomic E-state index is 6.91. The third-order valence-electron chi connectivity index (χ3n) is 13.0. The number of benzene rings is 11. The van der Waals surface area contributed by atoms with Crippen LogP contribution in [0.25, 0.3) is 104 Å². The van der Waals surface area contributed by atoms with Crippen molar-refractivity contribution in [3.8, 4) is 27.9 Å². The molecular weight excluding hydrogens is 765 g/mol. The molecule has 0 radical (unpaired) electrons. The van der Waals surface area contributed by atoms with Crippen LogP contribution >= 0.6 is 0 Å². The first-order valence-corrected chi connectivity index (χ1v) is 21.6. The van der Waals surface area contributed by atoms with Crippen molar-refractivity contribution in [1.29, 1.82) is 0 Å². The van der Waals surface area contributed by atoms with E-state index >= 15 is 0 Å². The van der Waals surface area contributed by atoms with Gasteiger partial charge >= 0.3 is 0 Å². The second-order valence-corrected chi connectivity index (χ2v) is 16.5. The van der Waals surface area contributed by atoms with Crippen LogP contribution in [-0.2, 0) is 0 Å². The van der Waals surface area contributed by atoms with Crippen molar-refractivity contribution in [3.63, 3.8) is 0 Å². The highest BCUT2D eigenvalue weighted by molar-refractivity contribution is 6.19. The minimum absolute atomic E-state index is 0.866. The Morgan fingerprint density at radius 3 is 1.83 bits per heavy atom. The highest BCUT2D eigenvalue weighted by atomic mass is 16.3. The summed E-state index contributed by atoms with van der Waals surface area (Å²) in [5.74, 6) is 0. The molecule has 294 valence electrons. The second kappa shape index (κ2) is 14.1. The SMILES string of the molecule is c1ccc(-n2c3ccccc3c3ccc(-c4ccc(N(c5ccc6c(ccc7ccccc76)c5)c5ccc(-c6cccc7ccccc67)c6oc7ccccc7c56)cc4)cc32)cc1. The number of hydrogen-bond donors (Lipinski definition) is 0. The number of aromatic nitrogens is 1. The van der Waals surface area contributed by atoms with E-state index in [-0.39, 0.29) is 0 Å². The van der Waals surface area contributed by atoms with E-state index in [1.165, 1.54) is 59.7 Å². The van der Waals surface area contributed by atoms with Gasteiger partial charge in [0, 0.05) is 38.8 Å². The summed E-state index contributed by atoms with van der Waals surface area (Å²) < 4.78 is 9.30. The molecule has 0 aliphatic rings. The summed E-state index contributed by atoms with van der Waals surface area (Å²) in [7, 11) is 0. The third-order valence-corrected chi connectivity index (χ3v) is 13.0. The van der Waals surface area contributed by atoms with Crippen LogP contribution in [0.5, 0.6) is 0 Å². The van der Waals surface area contributed by atoms with Crippen molar-refractivity contribution in [2.45, 2.75) is 0 Å². The van der Waals surface area contributed by atoms with Crippen molar-refractivity contribution in [2.24, 2.45) is 0 Å². The predicted octanol–water partition coefficient (Wildman–Crippen LogP) is 16.9. The van der Waals surface area contributed by atoms with Gasteiger partial charge in [0.15, 0.2) is 0 Å². The molecule has 0 saturated heterocycles. The van der Waals surface area contributed by atoms with Gasteiger partial charge in [-0.1, -0.05) is 164 Å². The maximum Gasteiger partial charge on any atom is 0.145 e. The molecule has 0 atom stereocenters. The Labute approximate surface area is 363 Å². The number of furan rings is 1. The minimum atomic E-state index is 0.866. The average molecular weight is 803 g/mol. The molecule has 0 spiro atoms. The minimum Gasteiger partial charge on any atom is -0.455 e. The summed E-state index contributed by atoms with van der Waals surface area (Å²) in [5, 5.41) is 12.0. The van der Waals surface area contributed by atoms with E-state index in [0.29, 0.717) is 0 Å². The lowest BCUT2D eigenvalue weighted by atomic mass is 9.95. The third kappa shape index (κ3) is 5.60. The first-order valence-electron chi connectivity index (χ1n) is 21.6. The Morgan fingerprint density at radius 1 is 0.349 bits per heavy atom. The summed E-state index contributed by atoms with van der Waals surface area (Å²) in [5.41, 5.74) is 13.0. The molecule has 0 fully saturated rings. The molecule has 63 heavy (non-hydrogen) atoms. The fraction of sp³-hybridized carbons (Fsp3) is 0. The number of fused-ring (bicyclic) bond motifs is 10. The van der Waals surface area contributed by atoms with Gasteiger partial charge in [0.2, 0.25) is 0 Å². The van der Waals surface area contributed by atoms with Gasteiger partial charge in [0.25, 0.3) is 0 Å². The van der Waals surface area contributed by atoms with Crippen LogP contribution in [0.15, 0.2) is 235 Å². The molecule has 3 heteroatoms. The molecule has 0 saturated carbocycles. The lowest BCUT2D eigenvalue weighted by Crippen LogP contribution is -2.10. The molecule has 2 aromatic heterocycles. The van der Waals surface area contributed by atoms with E-state index < -0.39 is 0 Å². The van der Waals surface area contributed by atoms with Crippen molar-refractivity contribution in [2.75, 3.05) is 4.90 Å². The van der Waals surface area contributed by atoms with E-state index in [4.69, 9.17) is 4.42 Å². The zero-order chi connectivity index (χ0) is 41.4. The molecule has 13 rings (SSSR count). The fourth-order valence-corrected chi connectivity index (χ4v) is 10.0. The number of nitrogens with zero attached hydrogens (tertiary/aromatic N) is 2. The van der Waals surface area contributed by atoms with Crippen molar-refractivity contribution < 1.29 is 4.42 Å². The Hall–Kier alpha value is -8.40. The van der Waals surface area contributed by atoms with Crippen molar-refractivity contribution in [3.05, 3.63) is 231 Å². The maximum atomic E-state index is 6.91. The van der Waals surface area contributed by atoms with Gasteiger partial charge in [-0.25, -0.2) is 0 Å². The summed E-state index contributed by atoms with van der Waals surface area (Å²) in [4.78, 5) is 2.41. The fourth-order valence-electron chi connectivity index (χ4n) is 10.0. The molecule has 2 heterocycles. The summed E-state index contributed by atoms with van der Waals surface area (Å²) in [6.07, 6.45) is 0. The normalized spacial score (nSPS) is 11.8. The van der Waals surface area contributed by atoms with Crippen LogP contribution in [0.4, 0.5) is 17.1 Å². The van der Waals surface area contributed by atoms with Crippen LogP contribution < -0.4 is 4.90 Å². The van der Waals surface area contributed by atoms with E-state index in [1.807, 2.05) is 0 Å². The summed E-state index contributed by atoms with van der Waals surface area (Å²) in [6, 6.07) is 83.5. The van der Waals surface area contributed by atoms with Crippen LogP contribution in [0, 0.1) is 0 Å². The van der Waals surface area contributed by atoms with E-state index in [1.54, 1.807) is 0 Å². The monoisotopic (exact) mass is 802 g/mol. The lowest BCUT2D eigenvalue weighted by molar-refractivity contribution is 0.670. The summed E-state index contributed by atoms with van der Waals surface area (Å²) >= 11 is 0. The van der Waals surface area contributed by atoms with Gasteiger partial charge in [-0.2, -0.15) is 0 Å².